The van der Waals surface area contributed by atoms with Gasteiger partial charge in [-0.05, 0) is 18.3 Å². The van der Waals surface area contributed by atoms with Crippen LogP contribution in [0, 0.1) is 29.6 Å². The molecule has 6 atom stereocenters. The predicted octanol–water partition coefficient (Wildman–Crippen LogP) is -0.147. The lowest BCUT2D eigenvalue weighted by atomic mass is 9.70. The summed E-state index contributed by atoms with van der Waals surface area (Å²) in [5, 5.41) is 15.9. The van der Waals surface area contributed by atoms with E-state index in [1.165, 1.54) is 0 Å². The Balaban J connectivity index is 1.84. The molecule has 2 heterocycles. The lowest BCUT2D eigenvalue weighted by Crippen LogP contribution is -2.53. The molecule has 2 saturated heterocycles. The highest BCUT2D eigenvalue weighted by atomic mass is 16.5. The Morgan fingerprint density at radius 1 is 1.21 bits per heavy atom. The van der Waals surface area contributed by atoms with Gasteiger partial charge in [-0.25, -0.2) is 0 Å². The van der Waals surface area contributed by atoms with Crippen LogP contribution in [0.25, 0.3) is 0 Å². The highest BCUT2D eigenvalue weighted by molar-refractivity contribution is 5.97. The Hall–Kier alpha value is -1.97. The second kappa shape index (κ2) is 11.4. The lowest BCUT2D eigenvalue weighted by molar-refractivity contribution is -0.143. The first-order valence-corrected chi connectivity index (χ1v) is 12.2. The van der Waals surface area contributed by atoms with Gasteiger partial charge < -0.3 is 25.4 Å². The van der Waals surface area contributed by atoms with Crippen molar-refractivity contribution in [1.82, 2.24) is 20.4 Å². The van der Waals surface area contributed by atoms with Crippen molar-refractivity contribution in [3.05, 3.63) is 12.2 Å². The van der Waals surface area contributed by atoms with E-state index in [-0.39, 0.29) is 36.2 Å². The van der Waals surface area contributed by atoms with Gasteiger partial charge in [-0.3, -0.25) is 19.3 Å². The number of nitrogens with zero attached hydrogens (tertiary/aromatic N) is 2. The SMILES string of the molecule is CNC(=O)[C@H]1[C@@H]2C(=O)N([C@@H](CO)CC(C)C)[C@H](C(=O)NCCN3CCOCC3)[C@H]2C=C[C@H]1C. The first-order chi connectivity index (χ1) is 15.8. The number of likely N-dealkylation sites (tertiary alicyclic amines) is 1. The molecule has 0 aromatic carbocycles. The normalized spacial score (nSPS) is 30.9. The third kappa shape index (κ3) is 5.58. The molecule has 3 rings (SSSR count). The summed E-state index contributed by atoms with van der Waals surface area (Å²) in [7, 11) is 1.57. The Kier molecular flexibility index (Phi) is 8.89. The van der Waals surface area contributed by atoms with Gasteiger partial charge in [-0.1, -0.05) is 32.9 Å². The Labute approximate surface area is 196 Å². The van der Waals surface area contributed by atoms with Crippen molar-refractivity contribution < 1.29 is 24.2 Å². The topological polar surface area (TPSA) is 111 Å². The molecule has 3 amide bonds. The molecule has 0 unspecified atom stereocenters. The maximum Gasteiger partial charge on any atom is 0.243 e. The van der Waals surface area contributed by atoms with Gasteiger partial charge in [-0.15, -0.1) is 0 Å². The van der Waals surface area contributed by atoms with Gasteiger partial charge in [0.15, 0.2) is 0 Å². The maximum absolute atomic E-state index is 13.7. The van der Waals surface area contributed by atoms with E-state index in [0.29, 0.717) is 32.7 Å². The van der Waals surface area contributed by atoms with Crippen LogP contribution in [0.3, 0.4) is 0 Å². The van der Waals surface area contributed by atoms with E-state index < -0.39 is 29.8 Å². The maximum atomic E-state index is 13.7. The fourth-order valence-electron chi connectivity index (χ4n) is 5.59. The third-order valence-electron chi connectivity index (χ3n) is 7.21. The molecule has 33 heavy (non-hydrogen) atoms. The second-order valence-electron chi connectivity index (χ2n) is 9.89. The number of hydrogen-bond acceptors (Lipinski definition) is 6. The zero-order valence-corrected chi connectivity index (χ0v) is 20.3. The zero-order valence-electron chi connectivity index (χ0n) is 20.3. The number of aliphatic hydroxyl groups is 1. The molecule has 9 nitrogen and oxygen atoms in total. The fraction of sp³-hybridized carbons (Fsp3) is 0.792. The van der Waals surface area contributed by atoms with Gasteiger partial charge in [0.1, 0.15) is 6.04 Å². The van der Waals surface area contributed by atoms with Crippen molar-refractivity contribution in [2.24, 2.45) is 29.6 Å². The number of morpholine rings is 1. The molecule has 9 heteroatoms. The van der Waals surface area contributed by atoms with Crippen molar-refractivity contribution >= 4 is 17.7 Å². The molecule has 186 valence electrons. The van der Waals surface area contributed by atoms with E-state index in [1.54, 1.807) is 11.9 Å². The van der Waals surface area contributed by atoms with Crippen LogP contribution in [-0.2, 0) is 19.1 Å². The summed E-state index contributed by atoms with van der Waals surface area (Å²) in [4.78, 5) is 43.8. The summed E-state index contributed by atoms with van der Waals surface area (Å²) in [6, 6.07) is -1.20. The number of hydrogen-bond donors (Lipinski definition) is 3. The molecule has 2 fully saturated rings. The average molecular weight is 465 g/mol. The van der Waals surface area contributed by atoms with Gasteiger partial charge in [0.2, 0.25) is 17.7 Å². The van der Waals surface area contributed by atoms with Crippen LogP contribution < -0.4 is 10.6 Å². The van der Waals surface area contributed by atoms with E-state index >= 15 is 0 Å². The van der Waals surface area contributed by atoms with E-state index in [2.05, 4.69) is 15.5 Å². The van der Waals surface area contributed by atoms with Crippen LogP contribution in [0.15, 0.2) is 12.2 Å². The summed E-state index contributed by atoms with van der Waals surface area (Å²) in [5.74, 6) is -2.04. The Morgan fingerprint density at radius 2 is 1.91 bits per heavy atom. The third-order valence-corrected chi connectivity index (χ3v) is 7.21. The number of rotatable bonds is 9. The van der Waals surface area contributed by atoms with Crippen LogP contribution >= 0.6 is 0 Å². The summed E-state index contributed by atoms with van der Waals surface area (Å²) in [6.45, 7) is 10.0. The largest absolute Gasteiger partial charge is 0.394 e. The fourth-order valence-corrected chi connectivity index (χ4v) is 5.59. The zero-order chi connectivity index (χ0) is 24.1. The van der Waals surface area contributed by atoms with Crippen LogP contribution in [-0.4, -0.2) is 97.8 Å². The summed E-state index contributed by atoms with van der Waals surface area (Å²) >= 11 is 0. The first kappa shape index (κ1) is 25.6. The van der Waals surface area contributed by atoms with E-state index in [9.17, 15) is 19.5 Å². The van der Waals surface area contributed by atoms with Crippen LogP contribution in [0.2, 0.25) is 0 Å². The second-order valence-corrected chi connectivity index (χ2v) is 9.89. The monoisotopic (exact) mass is 464 g/mol. The van der Waals surface area contributed by atoms with Crippen molar-refractivity contribution in [1.29, 1.82) is 0 Å². The van der Waals surface area contributed by atoms with Gasteiger partial charge in [0, 0.05) is 39.1 Å². The predicted molar refractivity (Wildman–Crippen MR) is 124 cm³/mol. The molecule has 2 aliphatic heterocycles. The molecule has 0 saturated carbocycles. The smallest absolute Gasteiger partial charge is 0.243 e. The van der Waals surface area contributed by atoms with E-state index in [4.69, 9.17) is 4.74 Å². The van der Waals surface area contributed by atoms with Crippen LogP contribution in [0.5, 0.6) is 0 Å². The Morgan fingerprint density at radius 3 is 2.52 bits per heavy atom. The number of ether oxygens (including phenoxy) is 1. The minimum absolute atomic E-state index is 0.113. The minimum atomic E-state index is -0.737. The molecular formula is C24H40N4O5. The van der Waals surface area contributed by atoms with Crippen LogP contribution in [0.4, 0.5) is 0 Å². The molecule has 0 radical (unpaired) electrons. The number of amides is 3. The standard InChI is InChI=1S/C24H40N4O5/c1-15(2)13-17(14-29)28-21(23(31)26-7-8-27-9-11-33-12-10-27)18-6-5-16(3)19(22(30)25-4)20(18)24(28)32/h5-6,15-21,29H,7-14H2,1-4H3,(H,25,30)(H,26,31)/t16-,17-,18+,19-,20-,21+/m1/s1. The van der Waals surface area contributed by atoms with E-state index in [0.717, 1.165) is 13.1 Å². The van der Waals surface area contributed by atoms with Crippen molar-refractivity contribution in [2.45, 2.75) is 39.3 Å². The van der Waals surface area contributed by atoms with Gasteiger partial charge in [0.05, 0.1) is 37.7 Å². The molecule has 1 aliphatic carbocycles. The number of aliphatic hydroxyl groups excluding tert-OH is 1. The lowest BCUT2D eigenvalue weighted by Gasteiger charge is -2.34. The summed E-state index contributed by atoms with van der Waals surface area (Å²) in [5.41, 5.74) is 0. The minimum Gasteiger partial charge on any atom is -0.394 e. The van der Waals surface area contributed by atoms with Crippen LogP contribution in [0.1, 0.15) is 27.2 Å². The number of fused-ring (bicyclic) bond motifs is 1. The van der Waals surface area contributed by atoms with Crippen molar-refractivity contribution in [3.63, 3.8) is 0 Å². The number of carbonyl (C=O) groups is 3. The quantitative estimate of drug-likeness (QED) is 0.410. The van der Waals surface area contributed by atoms with E-state index in [1.807, 2.05) is 32.9 Å². The van der Waals surface area contributed by atoms with Gasteiger partial charge in [0.25, 0.3) is 0 Å². The van der Waals surface area contributed by atoms with Gasteiger partial charge in [-0.2, -0.15) is 0 Å². The molecule has 3 aliphatic rings. The molecular weight excluding hydrogens is 424 g/mol. The number of carbonyl (C=O) groups excluding carboxylic acids is 3. The van der Waals surface area contributed by atoms with Crippen molar-refractivity contribution in [3.8, 4) is 0 Å². The first-order valence-electron chi connectivity index (χ1n) is 12.2. The summed E-state index contributed by atoms with van der Waals surface area (Å²) < 4.78 is 5.37. The molecule has 0 aromatic rings. The number of nitrogens with one attached hydrogen (secondary N) is 2. The number of allylic oxidation sites excluding steroid dienone is 1. The van der Waals surface area contributed by atoms with Crippen molar-refractivity contribution in [2.75, 3.05) is 53.0 Å². The summed E-state index contributed by atoms with van der Waals surface area (Å²) in [6.07, 6.45) is 4.47. The average Bonchev–Trinajstić information content (AvgIpc) is 3.09. The molecule has 0 aromatic heterocycles. The molecule has 0 bridgehead atoms. The highest BCUT2D eigenvalue weighted by Crippen LogP contribution is 2.45. The van der Waals surface area contributed by atoms with Gasteiger partial charge >= 0.3 is 0 Å². The molecule has 0 spiro atoms. The Bertz CT molecular complexity index is 736. The molecule has 3 N–H and O–H groups in total. The highest BCUT2D eigenvalue weighted by Gasteiger charge is 2.57.